The monoisotopic (exact) mass is 1210 g/mol. The molecule has 0 radical (unpaired) electrons. The van der Waals surface area contributed by atoms with E-state index in [0.717, 1.165) is 139 Å². The van der Waals surface area contributed by atoms with E-state index in [-0.39, 0.29) is 0 Å². The van der Waals surface area contributed by atoms with Crippen molar-refractivity contribution in [1.29, 1.82) is 0 Å². The fraction of sp³-hybridized carbons (Fsp3) is 0.0225. The molecule has 0 bridgehead atoms. The molecule has 3 aromatic heterocycles. The van der Waals surface area contributed by atoms with Gasteiger partial charge in [0.15, 0.2) is 5.82 Å². The van der Waals surface area contributed by atoms with E-state index >= 15 is 0 Å². The van der Waals surface area contributed by atoms with Crippen LogP contribution in [-0.4, -0.2) is 19.4 Å². The number of aromatic nitrogens is 4. The van der Waals surface area contributed by atoms with Gasteiger partial charge in [0.25, 0.3) is 0 Å². The first-order valence-electron chi connectivity index (χ1n) is 32.6. The van der Waals surface area contributed by atoms with Gasteiger partial charge in [-0.2, -0.15) is 0 Å². The first-order chi connectivity index (χ1) is 47.1. The van der Waals surface area contributed by atoms with Crippen LogP contribution < -0.4 is 9.47 Å². The molecule has 6 heteroatoms. The highest BCUT2D eigenvalue weighted by atomic mass is 16.5. The van der Waals surface area contributed by atoms with Crippen LogP contribution in [0.5, 0.6) is 23.0 Å². The molecule has 440 valence electrons. The summed E-state index contributed by atoms with van der Waals surface area (Å²) in [4.78, 5) is 16.4. The summed E-state index contributed by atoms with van der Waals surface area (Å²) in [5.74, 6) is 3.88. The first kappa shape index (κ1) is 52.1. The molecule has 1 unspecified atom stereocenters. The SMILES string of the molecule is c1ccc(-c2ccc(-c3nc(-c4cccc5c4Oc4ccccc4C54c5ccccc5-c5c(-c6ccc7c8ccc(-c9cccc%10c9Oc9ccccc9C%109c%10ccccc%10-c%10ccccc%109)cc8c8nc9ccccc9n8c7c6)cccc54)nc4ccccc34)cc2)cc1. The molecule has 95 heavy (non-hydrogen) atoms. The Morgan fingerprint density at radius 3 is 1.46 bits per heavy atom. The van der Waals surface area contributed by atoms with Crippen molar-refractivity contribution in [3.05, 3.63) is 360 Å². The zero-order chi connectivity index (χ0) is 62.1. The average molecular weight is 1210 g/mol. The molecule has 2 aliphatic heterocycles. The van der Waals surface area contributed by atoms with E-state index in [1.807, 2.05) is 0 Å². The van der Waals surface area contributed by atoms with Gasteiger partial charge in [-0.05, 0) is 126 Å². The molecule has 6 nitrogen and oxygen atoms in total. The topological polar surface area (TPSA) is 61.5 Å². The number of benzene rings is 14. The third kappa shape index (κ3) is 7.04. The van der Waals surface area contributed by atoms with E-state index in [1.54, 1.807) is 0 Å². The number of hydrogen-bond donors (Lipinski definition) is 0. The summed E-state index contributed by atoms with van der Waals surface area (Å²) >= 11 is 0. The summed E-state index contributed by atoms with van der Waals surface area (Å²) < 4.78 is 16.9. The molecule has 2 aliphatic carbocycles. The molecule has 0 N–H and O–H groups in total. The maximum Gasteiger partial charge on any atom is 0.164 e. The molecule has 2 spiro atoms. The number of hydrogen-bond acceptors (Lipinski definition) is 5. The minimum atomic E-state index is -0.771. The molecule has 0 saturated heterocycles. The Kier molecular flexibility index (Phi) is 10.7. The van der Waals surface area contributed by atoms with Crippen molar-refractivity contribution < 1.29 is 9.47 Å². The number of nitrogens with zero attached hydrogens (tertiary/aromatic N) is 4. The van der Waals surface area contributed by atoms with Crippen molar-refractivity contribution in [3.8, 4) is 101 Å². The molecule has 0 amide bonds. The Hall–Kier alpha value is -12.5. The number of para-hydroxylation sites is 7. The minimum Gasteiger partial charge on any atom is -0.456 e. The van der Waals surface area contributed by atoms with Crippen LogP contribution in [0.15, 0.2) is 315 Å². The number of rotatable bonds is 5. The number of ether oxygens (including phenoxy) is 2. The summed E-state index contributed by atoms with van der Waals surface area (Å²) in [5.41, 5.74) is 27.1. The highest BCUT2D eigenvalue weighted by Gasteiger charge is 2.53. The van der Waals surface area contributed by atoms with E-state index in [4.69, 9.17) is 24.4 Å². The maximum absolute atomic E-state index is 7.29. The van der Waals surface area contributed by atoms with E-state index in [1.165, 1.54) is 50.1 Å². The van der Waals surface area contributed by atoms with Crippen molar-refractivity contribution in [3.63, 3.8) is 0 Å². The Bertz CT molecular complexity index is 6140. The normalized spacial score (nSPS) is 14.8. The number of pyridine rings is 1. The summed E-state index contributed by atoms with van der Waals surface area (Å²) in [6.45, 7) is 0. The fourth-order valence-corrected chi connectivity index (χ4v) is 17.1. The zero-order valence-electron chi connectivity index (χ0n) is 51.1. The van der Waals surface area contributed by atoms with E-state index in [9.17, 15) is 0 Å². The van der Waals surface area contributed by atoms with Gasteiger partial charge in [0.2, 0.25) is 0 Å². The fourth-order valence-electron chi connectivity index (χ4n) is 17.1. The van der Waals surface area contributed by atoms with Gasteiger partial charge in [-0.3, -0.25) is 4.40 Å². The van der Waals surface area contributed by atoms with Gasteiger partial charge >= 0.3 is 0 Å². The van der Waals surface area contributed by atoms with Gasteiger partial charge < -0.3 is 9.47 Å². The van der Waals surface area contributed by atoms with E-state index in [0.29, 0.717) is 5.82 Å². The van der Waals surface area contributed by atoms with Gasteiger partial charge in [0.1, 0.15) is 28.6 Å². The Labute approximate surface area is 546 Å². The molecule has 14 aromatic carbocycles. The molecular weight excluding hydrogens is 1160 g/mol. The highest BCUT2D eigenvalue weighted by Crippen LogP contribution is 2.66. The van der Waals surface area contributed by atoms with E-state index < -0.39 is 10.8 Å². The molecule has 17 aromatic rings. The number of imidazole rings is 1. The third-order valence-corrected chi connectivity index (χ3v) is 20.9. The quantitative estimate of drug-likeness (QED) is 0.161. The molecule has 5 heterocycles. The van der Waals surface area contributed by atoms with Gasteiger partial charge in [0.05, 0.1) is 44.2 Å². The van der Waals surface area contributed by atoms with Crippen LogP contribution >= 0.6 is 0 Å². The lowest BCUT2D eigenvalue weighted by molar-refractivity contribution is 0.437. The van der Waals surface area contributed by atoms with Crippen molar-refractivity contribution in [2.75, 3.05) is 0 Å². The Morgan fingerprint density at radius 1 is 0.263 bits per heavy atom. The van der Waals surface area contributed by atoms with Gasteiger partial charge in [-0.25, -0.2) is 15.0 Å². The van der Waals surface area contributed by atoms with Gasteiger partial charge in [0, 0.05) is 49.5 Å². The average Bonchev–Trinajstić information content (AvgIpc) is 1.59. The summed E-state index contributed by atoms with van der Waals surface area (Å²) in [7, 11) is 0. The largest absolute Gasteiger partial charge is 0.456 e. The molecule has 0 fully saturated rings. The standard InChI is InChI=1S/C89H52N4O2/c1-2-21-53(22-3-1)54-43-45-55(46-44-54)83-65-26-7-13-38-76(65)90-86(92-83)66-29-20-37-75-85(66)95-81-42-17-12-34-72(81)89(75)70-32-10-6-25-64(70)82-58(27-18-35-73(82)89)57-48-50-63-60-49-47-56(51-67(60)87-91-77-39-14-15-40-78(77)93(87)79(63)52-57)59-28-19-36-74-84(59)94-80-41-16-11-33-71(80)88(74)68-30-8-4-23-61(68)62-24-5-9-31-69(62)88/h1-52H. The second kappa shape index (κ2) is 19.5. The summed E-state index contributed by atoms with van der Waals surface area (Å²) in [5, 5.41) is 4.31. The molecule has 21 rings (SSSR count). The smallest absolute Gasteiger partial charge is 0.164 e. The zero-order valence-corrected chi connectivity index (χ0v) is 51.1. The Morgan fingerprint density at radius 2 is 0.747 bits per heavy atom. The second-order valence-electron chi connectivity index (χ2n) is 25.5. The third-order valence-electron chi connectivity index (χ3n) is 20.9. The first-order valence-corrected chi connectivity index (χ1v) is 32.6. The van der Waals surface area contributed by atoms with Crippen molar-refractivity contribution in [2.45, 2.75) is 10.8 Å². The molecule has 4 aliphatic rings. The minimum absolute atomic E-state index is 0.575. The lowest BCUT2D eigenvalue weighted by Crippen LogP contribution is -2.32. The predicted molar refractivity (Wildman–Crippen MR) is 383 cm³/mol. The lowest BCUT2D eigenvalue weighted by Gasteiger charge is -2.40. The lowest BCUT2D eigenvalue weighted by atomic mass is 9.65. The summed E-state index contributed by atoms with van der Waals surface area (Å²) in [6.07, 6.45) is 0. The van der Waals surface area contributed by atoms with Crippen LogP contribution in [-0.2, 0) is 10.8 Å². The van der Waals surface area contributed by atoms with Crippen LogP contribution in [0.25, 0.3) is 128 Å². The van der Waals surface area contributed by atoms with Crippen molar-refractivity contribution in [2.24, 2.45) is 0 Å². The summed E-state index contributed by atoms with van der Waals surface area (Å²) in [6, 6.07) is 114. The Balaban J connectivity index is 0.738. The predicted octanol–water partition coefficient (Wildman–Crippen LogP) is 22.0. The second-order valence-corrected chi connectivity index (χ2v) is 25.5. The van der Waals surface area contributed by atoms with Crippen LogP contribution in [0.4, 0.5) is 0 Å². The highest BCUT2D eigenvalue weighted by molar-refractivity contribution is 6.16. The maximum atomic E-state index is 7.29. The van der Waals surface area contributed by atoms with Crippen LogP contribution in [0.3, 0.4) is 0 Å². The van der Waals surface area contributed by atoms with Crippen molar-refractivity contribution in [1.82, 2.24) is 19.4 Å². The molecule has 0 saturated carbocycles. The van der Waals surface area contributed by atoms with Gasteiger partial charge in [-0.15, -0.1) is 0 Å². The molecule has 1 atom stereocenters. The number of fused-ring (bicyclic) bond motifs is 27. The van der Waals surface area contributed by atoms with Crippen LogP contribution in [0.1, 0.15) is 44.5 Å². The van der Waals surface area contributed by atoms with Gasteiger partial charge in [-0.1, -0.05) is 267 Å². The van der Waals surface area contributed by atoms with E-state index in [2.05, 4.69) is 320 Å². The van der Waals surface area contributed by atoms with Crippen LogP contribution in [0, 0.1) is 0 Å². The molecular formula is C89H52N4O2. The van der Waals surface area contributed by atoms with Crippen LogP contribution in [0.2, 0.25) is 0 Å². The van der Waals surface area contributed by atoms with Crippen molar-refractivity contribution >= 4 is 49.3 Å².